The van der Waals surface area contributed by atoms with Crippen molar-refractivity contribution in [3.05, 3.63) is 35.9 Å². The Bertz CT molecular complexity index is 434. The first-order valence-corrected chi connectivity index (χ1v) is 6.37. The van der Waals surface area contributed by atoms with Crippen molar-refractivity contribution < 1.29 is 14.3 Å². The maximum absolute atomic E-state index is 12.0. The Morgan fingerprint density at radius 3 is 2.94 bits per heavy atom. The molecule has 0 saturated carbocycles. The lowest BCUT2D eigenvalue weighted by atomic mass is 10.0. The van der Waals surface area contributed by atoms with Gasteiger partial charge >= 0.3 is 6.09 Å². The Morgan fingerprint density at radius 2 is 2.17 bits per heavy atom. The first-order chi connectivity index (χ1) is 8.74. The van der Waals surface area contributed by atoms with Gasteiger partial charge in [0.2, 0.25) is 0 Å². The second kappa shape index (κ2) is 4.61. The average molecular weight is 247 g/mol. The number of hydrogen-bond acceptors (Lipinski definition) is 3. The van der Waals surface area contributed by atoms with E-state index in [0.29, 0.717) is 19.3 Å². The summed E-state index contributed by atoms with van der Waals surface area (Å²) < 4.78 is 10.8. The molecule has 0 aromatic heterocycles. The number of piperidine rings is 1. The van der Waals surface area contributed by atoms with Crippen LogP contribution in [0.3, 0.4) is 0 Å². The second-order valence-corrected chi connectivity index (χ2v) is 4.99. The van der Waals surface area contributed by atoms with E-state index in [9.17, 15) is 4.79 Å². The van der Waals surface area contributed by atoms with Crippen LogP contribution in [-0.4, -0.2) is 35.8 Å². The molecule has 2 aliphatic heterocycles. The number of likely N-dealkylation sites (tertiary alicyclic amines) is 1. The molecule has 2 heterocycles. The van der Waals surface area contributed by atoms with Gasteiger partial charge < -0.3 is 14.4 Å². The first-order valence-electron chi connectivity index (χ1n) is 6.37. The molecule has 0 aliphatic carbocycles. The van der Waals surface area contributed by atoms with E-state index in [0.717, 1.165) is 12.0 Å². The number of benzene rings is 1. The third kappa shape index (κ3) is 2.34. The molecule has 0 unspecified atom stereocenters. The summed E-state index contributed by atoms with van der Waals surface area (Å²) in [5.41, 5.74) is 1.01. The van der Waals surface area contributed by atoms with Crippen LogP contribution in [0.5, 0.6) is 0 Å². The van der Waals surface area contributed by atoms with E-state index >= 15 is 0 Å². The number of fused-ring (bicyclic) bond motifs is 1. The summed E-state index contributed by atoms with van der Waals surface area (Å²) in [6, 6.07) is 9.93. The number of amides is 1. The fourth-order valence-corrected chi connectivity index (χ4v) is 2.44. The molecule has 2 saturated heterocycles. The van der Waals surface area contributed by atoms with Gasteiger partial charge in [-0.05, 0) is 18.9 Å². The van der Waals surface area contributed by atoms with E-state index in [1.165, 1.54) is 0 Å². The lowest BCUT2D eigenvalue weighted by Crippen LogP contribution is -2.45. The fraction of sp³-hybridized carbons (Fsp3) is 0.500. The number of carbonyl (C=O) groups excluding carboxylic acids is 1. The largest absolute Gasteiger partial charge is 0.445 e. The number of nitrogens with zero attached hydrogens (tertiary/aromatic N) is 1. The van der Waals surface area contributed by atoms with Gasteiger partial charge in [-0.25, -0.2) is 4.79 Å². The molecule has 4 nitrogen and oxygen atoms in total. The molecule has 18 heavy (non-hydrogen) atoms. The maximum atomic E-state index is 12.0. The second-order valence-electron chi connectivity index (χ2n) is 4.99. The van der Waals surface area contributed by atoms with E-state index in [1.807, 2.05) is 37.3 Å². The van der Waals surface area contributed by atoms with Crippen LogP contribution < -0.4 is 0 Å². The van der Waals surface area contributed by atoms with Crippen molar-refractivity contribution in [3.63, 3.8) is 0 Å². The van der Waals surface area contributed by atoms with Gasteiger partial charge in [-0.2, -0.15) is 0 Å². The molecule has 0 N–H and O–H groups in total. The van der Waals surface area contributed by atoms with Gasteiger partial charge in [-0.1, -0.05) is 30.3 Å². The zero-order valence-electron chi connectivity index (χ0n) is 10.4. The molecular weight excluding hydrogens is 230 g/mol. The molecule has 2 fully saturated rings. The summed E-state index contributed by atoms with van der Waals surface area (Å²) in [6.45, 7) is 3.04. The van der Waals surface area contributed by atoms with E-state index in [-0.39, 0.29) is 18.2 Å². The molecule has 1 amide bonds. The predicted molar refractivity (Wildman–Crippen MR) is 66.1 cm³/mol. The zero-order chi connectivity index (χ0) is 12.5. The van der Waals surface area contributed by atoms with Crippen LogP contribution in [-0.2, 0) is 16.1 Å². The minimum Gasteiger partial charge on any atom is -0.445 e. The summed E-state index contributed by atoms with van der Waals surface area (Å²) in [4.78, 5) is 13.8. The minimum atomic E-state index is -0.236. The molecule has 0 spiro atoms. The van der Waals surface area contributed by atoms with Crippen molar-refractivity contribution in [2.45, 2.75) is 38.2 Å². The number of carbonyl (C=O) groups is 1. The van der Waals surface area contributed by atoms with Crippen molar-refractivity contribution >= 4 is 6.09 Å². The third-order valence-corrected chi connectivity index (χ3v) is 3.61. The molecular formula is C14H17NO3. The molecule has 2 aliphatic rings. The van der Waals surface area contributed by atoms with Crippen LogP contribution in [0, 0.1) is 0 Å². The van der Waals surface area contributed by atoms with Crippen LogP contribution in [0.1, 0.15) is 18.9 Å². The standard InChI is InChI=1S/C14H17NO3/c1-10-7-12-13(18-12)8-15(10)14(16)17-9-11-5-3-2-4-6-11/h2-6,10,12-13H,7-9H2,1H3/t10-,12-,13+/m1/s1. The highest BCUT2D eigenvalue weighted by atomic mass is 16.6. The van der Waals surface area contributed by atoms with Gasteiger partial charge in [0.15, 0.2) is 0 Å². The summed E-state index contributed by atoms with van der Waals surface area (Å²) in [5.74, 6) is 0. The Labute approximate surface area is 106 Å². The summed E-state index contributed by atoms with van der Waals surface area (Å²) in [7, 11) is 0. The molecule has 0 radical (unpaired) electrons. The van der Waals surface area contributed by atoms with Crippen LogP contribution >= 0.6 is 0 Å². The van der Waals surface area contributed by atoms with Crippen LogP contribution in [0.2, 0.25) is 0 Å². The SMILES string of the molecule is C[C@@H]1C[C@H]2O[C@H]2CN1C(=O)OCc1ccccc1. The van der Waals surface area contributed by atoms with Crippen LogP contribution in [0.15, 0.2) is 30.3 Å². The van der Waals surface area contributed by atoms with Gasteiger partial charge in [0.05, 0.1) is 12.6 Å². The highest BCUT2D eigenvalue weighted by Gasteiger charge is 2.47. The predicted octanol–water partition coefficient (Wildman–Crippen LogP) is 2.18. The van der Waals surface area contributed by atoms with Gasteiger partial charge in [-0.15, -0.1) is 0 Å². The number of epoxide rings is 1. The smallest absolute Gasteiger partial charge is 0.410 e. The van der Waals surface area contributed by atoms with E-state index < -0.39 is 0 Å². The van der Waals surface area contributed by atoms with Crippen molar-refractivity contribution in [2.75, 3.05) is 6.54 Å². The van der Waals surface area contributed by atoms with Crippen molar-refractivity contribution in [2.24, 2.45) is 0 Å². The van der Waals surface area contributed by atoms with Crippen molar-refractivity contribution in [1.29, 1.82) is 0 Å². The Balaban J connectivity index is 1.54. The Kier molecular flexibility index (Phi) is 2.96. The lowest BCUT2D eigenvalue weighted by molar-refractivity contribution is 0.0766. The highest BCUT2D eigenvalue weighted by Crippen LogP contribution is 2.34. The minimum absolute atomic E-state index is 0.206. The lowest BCUT2D eigenvalue weighted by Gasteiger charge is -2.30. The van der Waals surface area contributed by atoms with Gasteiger partial charge in [0, 0.05) is 6.04 Å². The molecule has 1 aromatic rings. The molecule has 4 heteroatoms. The summed E-state index contributed by atoms with van der Waals surface area (Å²) in [6.07, 6.45) is 1.30. The van der Waals surface area contributed by atoms with Gasteiger partial charge in [-0.3, -0.25) is 0 Å². The molecule has 1 aromatic carbocycles. The summed E-state index contributed by atoms with van der Waals surface area (Å²) >= 11 is 0. The Morgan fingerprint density at radius 1 is 1.39 bits per heavy atom. The van der Waals surface area contributed by atoms with Gasteiger partial charge in [0.25, 0.3) is 0 Å². The number of rotatable bonds is 2. The number of ether oxygens (including phenoxy) is 2. The van der Waals surface area contributed by atoms with E-state index in [1.54, 1.807) is 4.90 Å². The van der Waals surface area contributed by atoms with Crippen molar-refractivity contribution in [3.8, 4) is 0 Å². The molecule has 96 valence electrons. The molecule has 0 bridgehead atoms. The van der Waals surface area contributed by atoms with Crippen LogP contribution in [0.4, 0.5) is 4.79 Å². The van der Waals surface area contributed by atoms with Gasteiger partial charge in [0.1, 0.15) is 12.7 Å². The summed E-state index contributed by atoms with van der Waals surface area (Å²) in [5, 5.41) is 0. The van der Waals surface area contributed by atoms with Crippen molar-refractivity contribution in [1.82, 2.24) is 4.90 Å². The monoisotopic (exact) mass is 247 g/mol. The van der Waals surface area contributed by atoms with E-state index in [2.05, 4.69) is 0 Å². The van der Waals surface area contributed by atoms with E-state index in [4.69, 9.17) is 9.47 Å². The van der Waals surface area contributed by atoms with Crippen LogP contribution in [0.25, 0.3) is 0 Å². The Hall–Kier alpha value is -1.55. The highest BCUT2D eigenvalue weighted by molar-refractivity contribution is 5.68. The molecule has 3 atom stereocenters. The first kappa shape index (κ1) is 11.5. The molecule has 3 rings (SSSR count). The fourth-order valence-electron chi connectivity index (χ4n) is 2.44. The average Bonchev–Trinajstić information content (AvgIpc) is 3.14. The normalized spacial score (nSPS) is 29.6. The topological polar surface area (TPSA) is 42.1 Å². The zero-order valence-corrected chi connectivity index (χ0v) is 10.4. The number of hydrogen-bond donors (Lipinski definition) is 0. The maximum Gasteiger partial charge on any atom is 0.410 e. The third-order valence-electron chi connectivity index (χ3n) is 3.61. The quantitative estimate of drug-likeness (QED) is 0.752.